The number of rotatable bonds is 7. The minimum absolute atomic E-state index is 0.0797. The molecule has 1 aromatic rings. The molecule has 1 unspecified atom stereocenters. The van der Waals surface area contributed by atoms with Gasteiger partial charge in [0.2, 0.25) is 0 Å². The van der Waals surface area contributed by atoms with Gasteiger partial charge in [-0.2, -0.15) is 0 Å². The van der Waals surface area contributed by atoms with Gasteiger partial charge in [0.05, 0.1) is 12.5 Å². The zero-order chi connectivity index (χ0) is 15.8. The molecular weight excluding hydrogens is 288 g/mol. The molecule has 1 aromatic carbocycles. The second-order valence-electron chi connectivity index (χ2n) is 5.00. The van der Waals surface area contributed by atoms with Crippen molar-refractivity contribution in [2.45, 2.75) is 25.4 Å². The van der Waals surface area contributed by atoms with Crippen molar-refractivity contribution in [3.05, 3.63) is 24.3 Å². The van der Waals surface area contributed by atoms with Crippen molar-refractivity contribution in [3.63, 3.8) is 0 Å². The van der Waals surface area contributed by atoms with Crippen LogP contribution < -0.4 is 15.4 Å². The van der Waals surface area contributed by atoms with Gasteiger partial charge in [-0.05, 0) is 25.0 Å². The molecule has 1 aliphatic rings. The Labute approximate surface area is 128 Å². The van der Waals surface area contributed by atoms with Crippen molar-refractivity contribution >= 4 is 17.7 Å². The molecule has 1 heterocycles. The van der Waals surface area contributed by atoms with Gasteiger partial charge in [-0.25, -0.2) is 4.79 Å². The average Bonchev–Trinajstić information content (AvgIpc) is 2.98. The van der Waals surface area contributed by atoms with Gasteiger partial charge >= 0.3 is 12.0 Å². The molecule has 0 radical (unpaired) electrons. The minimum Gasteiger partial charge on any atom is -0.491 e. The quantitative estimate of drug-likeness (QED) is 0.714. The summed E-state index contributed by atoms with van der Waals surface area (Å²) in [5.41, 5.74) is 0.581. The highest BCUT2D eigenvalue weighted by Gasteiger charge is 2.16. The fraction of sp³-hybridized carbons (Fsp3) is 0.467. The maximum atomic E-state index is 11.6. The van der Waals surface area contributed by atoms with Crippen LogP contribution in [0.5, 0.6) is 5.75 Å². The Morgan fingerprint density at radius 1 is 1.41 bits per heavy atom. The Kier molecular flexibility index (Phi) is 6.02. The zero-order valence-corrected chi connectivity index (χ0v) is 12.2. The van der Waals surface area contributed by atoms with Crippen molar-refractivity contribution in [2.24, 2.45) is 0 Å². The summed E-state index contributed by atoms with van der Waals surface area (Å²) >= 11 is 0. The Hall–Kier alpha value is -2.28. The van der Waals surface area contributed by atoms with E-state index in [1.807, 2.05) is 6.07 Å². The SMILES string of the molecule is O=C(O)CCNC(=O)Nc1cccc(OCC2CCCO2)c1. The molecule has 1 fully saturated rings. The number of ether oxygens (including phenoxy) is 2. The standard InChI is InChI=1S/C15H20N2O5/c18-14(19)6-7-16-15(20)17-11-3-1-4-12(9-11)22-10-13-5-2-8-21-13/h1,3-4,9,13H,2,5-8,10H2,(H,18,19)(H2,16,17,20). The highest BCUT2D eigenvalue weighted by atomic mass is 16.5. The number of carbonyl (C=O) groups excluding carboxylic acids is 1. The van der Waals surface area contributed by atoms with Crippen molar-refractivity contribution in [2.75, 3.05) is 25.1 Å². The molecule has 0 aliphatic carbocycles. The van der Waals surface area contributed by atoms with Gasteiger partial charge in [-0.3, -0.25) is 4.79 Å². The van der Waals surface area contributed by atoms with Crippen LogP contribution in [0.3, 0.4) is 0 Å². The number of urea groups is 1. The van der Waals surface area contributed by atoms with Crippen molar-refractivity contribution < 1.29 is 24.2 Å². The first-order valence-corrected chi connectivity index (χ1v) is 7.24. The van der Waals surface area contributed by atoms with E-state index in [9.17, 15) is 9.59 Å². The molecule has 7 heteroatoms. The number of benzene rings is 1. The van der Waals surface area contributed by atoms with E-state index in [1.54, 1.807) is 18.2 Å². The molecule has 7 nitrogen and oxygen atoms in total. The summed E-state index contributed by atoms with van der Waals surface area (Å²) in [4.78, 5) is 22.0. The number of carboxylic acids is 1. The fourth-order valence-electron chi connectivity index (χ4n) is 2.09. The Balaban J connectivity index is 1.77. The van der Waals surface area contributed by atoms with Crippen LogP contribution in [0.25, 0.3) is 0 Å². The van der Waals surface area contributed by atoms with Crippen LogP contribution in [0, 0.1) is 0 Å². The first-order chi connectivity index (χ1) is 10.6. The molecule has 2 rings (SSSR count). The van der Waals surface area contributed by atoms with E-state index < -0.39 is 12.0 Å². The molecular formula is C15H20N2O5. The second kappa shape index (κ2) is 8.23. The van der Waals surface area contributed by atoms with E-state index in [4.69, 9.17) is 14.6 Å². The number of anilines is 1. The third-order valence-electron chi connectivity index (χ3n) is 3.18. The van der Waals surface area contributed by atoms with E-state index in [1.165, 1.54) is 0 Å². The normalized spacial score (nSPS) is 17.0. The van der Waals surface area contributed by atoms with Gasteiger partial charge in [0.15, 0.2) is 0 Å². The predicted molar refractivity (Wildman–Crippen MR) is 80.2 cm³/mol. The van der Waals surface area contributed by atoms with Gasteiger partial charge in [0.1, 0.15) is 12.4 Å². The lowest BCUT2D eigenvalue weighted by Crippen LogP contribution is -2.30. The topological polar surface area (TPSA) is 96.9 Å². The van der Waals surface area contributed by atoms with Crippen molar-refractivity contribution in [1.29, 1.82) is 0 Å². The van der Waals surface area contributed by atoms with Crippen molar-refractivity contribution in [1.82, 2.24) is 5.32 Å². The third-order valence-corrected chi connectivity index (χ3v) is 3.18. The predicted octanol–water partition coefficient (Wildman–Crippen LogP) is 1.84. The van der Waals surface area contributed by atoms with Crippen LogP contribution in [0.15, 0.2) is 24.3 Å². The van der Waals surface area contributed by atoms with Gasteiger partial charge in [0, 0.05) is 24.9 Å². The Morgan fingerprint density at radius 2 is 2.27 bits per heavy atom. The number of hydrogen-bond acceptors (Lipinski definition) is 4. The average molecular weight is 308 g/mol. The molecule has 0 saturated carbocycles. The monoisotopic (exact) mass is 308 g/mol. The summed E-state index contributed by atoms with van der Waals surface area (Å²) < 4.78 is 11.1. The number of carbonyl (C=O) groups is 2. The van der Waals surface area contributed by atoms with Crippen LogP contribution in [-0.4, -0.2) is 43.0 Å². The van der Waals surface area contributed by atoms with Crippen molar-refractivity contribution in [3.8, 4) is 5.75 Å². The van der Waals surface area contributed by atoms with Crippen LogP contribution in [0.2, 0.25) is 0 Å². The molecule has 1 aliphatic heterocycles. The van der Waals surface area contributed by atoms with E-state index in [0.717, 1.165) is 19.4 Å². The second-order valence-corrected chi connectivity index (χ2v) is 5.00. The number of hydrogen-bond donors (Lipinski definition) is 3. The van der Waals surface area contributed by atoms with Gasteiger partial charge in [0.25, 0.3) is 0 Å². The van der Waals surface area contributed by atoms with E-state index in [2.05, 4.69) is 10.6 Å². The van der Waals surface area contributed by atoms with Crippen LogP contribution >= 0.6 is 0 Å². The summed E-state index contributed by atoms with van der Waals surface area (Å²) in [6.07, 6.45) is 2.09. The lowest BCUT2D eigenvalue weighted by atomic mass is 10.2. The third kappa shape index (κ3) is 5.61. The number of carboxylic acid groups (broad SMARTS) is 1. The molecule has 1 atom stereocenters. The molecule has 0 bridgehead atoms. The number of amides is 2. The van der Waals surface area contributed by atoms with E-state index in [0.29, 0.717) is 18.0 Å². The highest BCUT2D eigenvalue weighted by Crippen LogP contribution is 2.19. The molecule has 1 saturated heterocycles. The smallest absolute Gasteiger partial charge is 0.319 e. The van der Waals surface area contributed by atoms with Crippen LogP contribution in [0.1, 0.15) is 19.3 Å². The summed E-state index contributed by atoms with van der Waals surface area (Å²) in [5, 5.41) is 13.6. The summed E-state index contributed by atoms with van der Waals surface area (Å²) in [5.74, 6) is -0.302. The van der Waals surface area contributed by atoms with Gasteiger partial charge in [-0.1, -0.05) is 6.07 Å². The lowest BCUT2D eigenvalue weighted by molar-refractivity contribution is -0.136. The van der Waals surface area contributed by atoms with Gasteiger partial charge in [-0.15, -0.1) is 0 Å². The number of nitrogens with one attached hydrogen (secondary N) is 2. The van der Waals surface area contributed by atoms with Crippen LogP contribution in [0.4, 0.5) is 10.5 Å². The lowest BCUT2D eigenvalue weighted by Gasteiger charge is -2.12. The summed E-state index contributed by atoms with van der Waals surface area (Å²) in [6, 6.07) is 6.58. The summed E-state index contributed by atoms with van der Waals surface area (Å²) in [7, 11) is 0. The maximum absolute atomic E-state index is 11.6. The van der Waals surface area contributed by atoms with Crippen LogP contribution in [-0.2, 0) is 9.53 Å². The molecule has 0 aromatic heterocycles. The molecule has 22 heavy (non-hydrogen) atoms. The maximum Gasteiger partial charge on any atom is 0.319 e. The Morgan fingerprint density at radius 3 is 3.00 bits per heavy atom. The molecule has 0 spiro atoms. The molecule has 3 N–H and O–H groups in total. The fourth-order valence-corrected chi connectivity index (χ4v) is 2.09. The largest absolute Gasteiger partial charge is 0.491 e. The van der Waals surface area contributed by atoms with Gasteiger partial charge < -0.3 is 25.2 Å². The van der Waals surface area contributed by atoms with E-state index in [-0.39, 0.29) is 19.1 Å². The molecule has 2 amide bonds. The summed E-state index contributed by atoms with van der Waals surface area (Å²) in [6.45, 7) is 1.36. The Bertz CT molecular complexity index is 514. The number of aliphatic carboxylic acids is 1. The first kappa shape index (κ1) is 16.1. The first-order valence-electron chi connectivity index (χ1n) is 7.24. The zero-order valence-electron chi connectivity index (χ0n) is 12.2. The minimum atomic E-state index is -0.954. The molecule has 120 valence electrons. The van der Waals surface area contributed by atoms with E-state index >= 15 is 0 Å². The highest BCUT2D eigenvalue weighted by molar-refractivity contribution is 5.89.